The molecule has 0 saturated carbocycles. The number of sulfonamides is 1. The predicted octanol–water partition coefficient (Wildman–Crippen LogP) is 2.44. The number of carbonyl (C=O) groups excluding carboxylic acids is 2. The van der Waals surface area contributed by atoms with E-state index < -0.39 is 28.0 Å². The van der Waals surface area contributed by atoms with Gasteiger partial charge >= 0.3 is 5.97 Å². The average Bonchev–Trinajstić information content (AvgIpc) is 2.57. The van der Waals surface area contributed by atoms with Crippen LogP contribution in [0.4, 0.5) is 5.69 Å². The number of hydrogen-bond acceptors (Lipinski definition) is 5. The Morgan fingerprint density at radius 3 is 2.22 bits per heavy atom. The third kappa shape index (κ3) is 5.15. The van der Waals surface area contributed by atoms with E-state index in [1.165, 1.54) is 25.1 Å². The first-order chi connectivity index (χ1) is 12.5. The Hall–Kier alpha value is -2.71. The number of primary sulfonamides is 1. The van der Waals surface area contributed by atoms with Gasteiger partial charge in [-0.25, -0.2) is 18.4 Å². The summed E-state index contributed by atoms with van der Waals surface area (Å²) in [6.45, 7) is 7.16. The standard InChI is InChI=1S/C19H22N2O5S/c1-11-8-12(2)17(13(3)9-11)21-18(22)14(4)26-19(23)15-6-5-7-16(10-15)27(20,24)25/h5-10,14H,1-4H3,(H,21,22)(H2,20,24,25)/t14-/m0/s1. The fourth-order valence-corrected chi connectivity index (χ4v) is 3.24. The molecule has 0 spiro atoms. The first-order valence-corrected chi connectivity index (χ1v) is 9.76. The Morgan fingerprint density at radius 2 is 1.67 bits per heavy atom. The van der Waals surface area contributed by atoms with E-state index in [9.17, 15) is 18.0 Å². The third-order valence-corrected chi connectivity index (χ3v) is 4.89. The van der Waals surface area contributed by atoms with Crippen molar-refractivity contribution in [2.24, 2.45) is 5.14 Å². The number of rotatable bonds is 5. The molecule has 3 N–H and O–H groups in total. The Bertz CT molecular complexity index is 976. The highest BCUT2D eigenvalue weighted by atomic mass is 32.2. The van der Waals surface area contributed by atoms with Crippen LogP contribution in [-0.4, -0.2) is 26.4 Å². The van der Waals surface area contributed by atoms with E-state index in [1.807, 2.05) is 32.9 Å². The summed E-state index contributed by atoms with van der Waals surface area (Å²) in [7, 11) is -3.94. The van der Waals surface area contributed by atoms with Gasteiger partial charge in [0.05, 0.1) is 10.5 Å². The first-order valence-electron chi connectivity index (χ1n) is 8.21. The van der Waals surface area contributed by atoms with Crippen molar-refractivity contribution in [2.75, 3.05) is 5.32 Å². The minimum atomic E-state index is -3.94. The van der Waals surface area contributed by atoms with Gasteiger partial charge in [-0.1, -0.05) is 23.8 Å². The summed E-state index contributed by atoms with van der Waals surface area (Å²) >= 11 is 0. The van der Waals surface area contributed by atoms with E-state index in [1.54, 1.807) is 0 Å². The molecule has 0 aromatic heterocycles. The maximum atomic E-state index is 12.4. The van der Waals surface area contributed by atoms with Crippen LogP contribution in [0.1, 0.15) is 34.0 Å². The van der Waals surface area contributed by atoms with Gasteiger partial charge in [-0.3, -0.25) is 4.79 Å². The minimum Gasteiger partial charge on any atom is -0.449 e. The number of nitrogens with one attached hydrogen (secondary N) is 1. The lowest BCUT2D eigenvalue weighted by atomic mass is 10.0. The van der Waals surface area contributed by atoms with Crippen molar-refractivity contribution >= 4 is 27.6 Å². The van der Waals surface area contributed by atoms with E-state index in [-0.39, 0.29) is 10.5 Å². The minimum absolute atomic E-state index is 0.0103. The van der Waals surface area contributed by atoms with E-state index >= 15 is 0 Å². The van der Waals surface area contributed by atoms with Crippen LogP contribution >= 0.6 is 0 Å². The van der Waals surface area contributed by atoms with Gasteiger partial charge in [-0.15, -0.1) is 0 Å². The zero-order valence-corrected chi connectivity index (χ0v) is 16.4. The number of nitrogens with two attached hydrogens (primary N) is 1. The van der Waals surface area contributed by atoms with Crippen LogP contribution in [0.2, 0.25) is 0 Å². The maximum absolute atomic E-state index is 12.4. The van der Waals surface area contributed by atoms with E-state index in [4.69, 9.17) is 9.88 Å². The summed E-state index contributed by atoms with van der Waals surface area (Å²) in [5.74, 6) is -1.30. The molecule has 0 bridgehead atoms. The second-order valence-corrected chi connectivity index (χ2v) is 7.94. The van der Waals surface area contributed by atoms with Gasteiger partial charge in [0, 0.05) is 5.69 Å². The molecule has 0 heterocycles. The van der Waals surface area contributed by atoms with E-state index in [0.29, 0.717) is 5.69 Å². The number of hydrogen-bond donors (Lipinski definition) is 2. The molecule has 2 aromatic rings. The molecule has 27 heavy (non-hydrogen) atoms. The Balaban J connectivity index is 2.12. The Labute approximate surface area is 158 Å². The van der Waals surface area contributed by atoms with Crippen LogP contribution in [-0.2, 0) is 19.6 Å². The number of carbonyl (C=O) groups is 2. The van der Waals surface area contributed by atoms with Gasteiger partial charge in [-0.05, 0) is 57.0 Å². The van der Waals surface area contributed by atoms with Crippen molar-refractivity contribution in [1.82, 2.24) is 0 Å². The van der Waals surface area contributed by atoms with Crippen LogP contribution < -0.4 is 10.5 Å². The molecule has 2 aromatic carbocycles. The molecular formula is C19H22N2O5S. The lowest BCUT2D eigenvalue weighted by Crippen LogP contribution is -2.30. The van der Waals surface area contributed by atoms with Crippen LogP contribution in [0.5, 0.6) is 0 Å². The van der Waals surface area contributed by atoms with Crippen LogP contribution in [0.15, 0.2) is 41.3 Å². The molecule has 2 rings (SSSR count). The van der Waals surface area contributed by atoms with Gasteiger partial charge in [0.25, 0.3) is 5.91 Å². The predicted molar refractivity (Wildman–Crippen MR) is 102 cm³/mol. The monoisotopic (exact) mass is 390 g/mol. The second kappa shape index (κ2) is 7.89. The quantitative estimate of drug-likeness (QED) is 0.761. The SMILES string of the molecule is Cc1cc(C)c(NC(=O)[C@H](C)OC(=O)c2cccc(S(N)(=O)=O)c2)c(C)c1. The number of amides is 1. The van der Waals surface area contributed by atoms with Crippen LogP contribution in [0, 0.1) is 20.8 Å². The number of benzene rings is 2. The molecule has 1 atom stereocenters. The summed E-state index contributed by atoms with van der Waals surface area (Å²) < 4.78 is 27.9. The summed E-state index contributed by atoms with van der Waals surface area (Å²) in [5, 5.41) is 7.82. The maximum Gasteiger partial charge on any atom is 0.338 e. The lowest BCUT2D eigenvalue weighted by molar-refractivity contribution is -0.123. The highest BCUT2D eigenvalue weighted by molar-refractivity contribution is 7.89. The number of esters is 1. The van der Waals surface area contributed by atoms with Gasteiger partial charge in [-0.2, -0.15) is 0 Å². The highest BCUT2D eigenvalue weighted by Crippen LogP contribution is 2.22. The van der Waals surface area contributed by atoms with Crippen molar-refractivity contribution in [3.8, 4) is 0 Å². The molecular weight excluding hydrogens is 368 g/mol. The molecule has 8 heteroatoms. The number of ether oxygens (including phenoxy) is 1. The highest BCUT2D eigenvalue weighted by Gasteiger charge is 2.21. The molecule has 0 saturated heterocycles. The Kier molecular flexibility index (Phi) is 6.02. The summed E-state index contributed by atoms with van der Waals surface area (Å²) in [6.07, 6.45) is -1.07. The molecule has 0 unspecified atom stereocenters. The molecule has 0 radical (unpaired) electrons. The third-order valence-electron chi connectivity index (χ3n) is 3.98. The fourth-order valence-electron chi connectivity index (χ4n) is 2.68. The molecule has 7 nitrogen and oxygen atoms in total. The van der Waals surface area contributed by atoms with Gasteiger partial charge in [0.2, 0.25) is 10.0 Å². The summed E-state index contributed by atoms with van der Waals surface area (Å²) in [6, 6.07) is 9.02. The normalized spacial score (nSPS) is 12.3. The van der Waals surface area contributed by atoms with Crippen molar-refractivity contribution in [3.05, 3.63) is 58.7 Å². The van der Waals surface area contributed by atoms with E-state index in [0.717, 1.165) is 22.8 Å². The first kappa shape index (κ1) is 20.6. The molecule has 144 valence electrons. The van der Waals surface area contributed by atoms with Crippen LogP contribution in [0.3, 0.4) is 0 Å². The number of anilines is 1. The average molecular weight is 390 g/mol. The molecule has 0 aliphatic rings. The fraction of sp³-hybridized carbons (Fsp3) is 0.263. The zero-order chi connectivity index (χ0) is 20.4. The summed E-state index contributed by atoms with van der Waals surface area (Å²) in [4.78, 5) is 24.4. The molecule has 0 aliphatic heterocycles. The molecule has 0 fully saturated rings. The zero-order valence-electron chi connectivity index (χ0n) is 15.6. The lowest BCUT2D eigenvalue weighted by Gasteiger charge is -2.17. The topological polar surface area (TPSA) is 116 Å². The van der Waals surface area contributed by atoms with Gasteiger partial charge < -0.3 is 10.1 Å². The summed E-state index contributed by atoms with van der Waals surface area (Å²) in [5.41, 5.74) is 3.55. The van der Waals surface area contributed by atoms with Crippen LogP contribution in [0.25, 0.3) is 0 Å². The van der Waals surface area contributed by atoms with Crippen molar-refractivity contribution in [2.45, 2.75) is 38.7 Å². The molecule has 0 aliphatic carbocycles. The second-order valence-electron chi connectivity index (χ2n) is 6.38. The largest absolute Gasteiger partial charge is 0.449 e. The van der Waals surface area contributed by atoms with Crippen molar-refractivity contribution in [3.63, 3.8) is 0 Å². The van der Waals surface area contributed by atoms with E-state index in [2.05, 4.69) is 5.32 Å². The smallest absolute Gasteiger partial charge is 0.338 e. The molecule has 1 amide bonds. The Morgan fingerprint density at radius 1 is 1.07 bits per heavy atom. The number of aryl methyl sites for hydroxylation is 3. The van der Waals surface area contributed by atoms with Crippen molar-refractivity contribution in [1.29, 1.82) is 0 Å². The van der Waals surface area contributed by atoms with Crippen molar-refractivity contribution < 1.29 is 22.7 Å². The van der Waals surface area contributed by atoms with Gasteiger partial charge in [0.1, 0.15) is 0 Å². The van der Waals surface area contributed by atoms with Gasteiger partial charge in [0.15, 0.2) is 6.10 Å².